The lowest BCUT2D eigenvalue weighted by Crippen LogP contribution is -2.11. The van der Waals surface area contributed by atoms with Crippen LogP contribution < -0.4 is 17.2 Å². The molecule has 0 atom stereocenters. The number of nitrogen functional groups attached to an aromatic ring is 3. The minimum atomic E-state index is 0.698. The van der Waals surface area contributed by atoms with Gasteiger partial charge in [0.15, 0.2) is 0 Å². The molecule has 3 aromatic carbocycles. The summed E-state index contributed by atoms with van der Waals surface area (Å²) >= 11 is 0. The summed E-state index contributed by atoms with van der Waals surface area (Å²) in [6.45, 7) is 0. The van der Waals surface area contributed by atoms with E-state index in [1.54, 1.807) is 0 Å². The zero-order valence-corrected chi connectivity index (χ0v) is 12.2. The highest BCUT2D eigenvalue weighted by Gasteiger charge is 2.23. The summed E-state index contributed by atoms with van der Waals surface area (Å²) in [4.78, 5) is 0. The van der Waals surface area contributed by atoms with Crippen molar-refractivity contribution in [3.05, 3.63) is 95.4 Å². The third-order valence-electron chi connectivity index (χ3n) is 3.69. The average molecular weight is 288 g/mol. The highest BCUT2D eigenvalue weighted by molar-refractivity contribution is 5.75. The number of hydrogen-bond acceptors (Lipinski definition) is 3. The Morgan fingerprint density at radius 1 is 0.455 bits per heavy atom. The Bertz CT molecular complexity index is 688. The molecule has 3 aromatic rings. The standard InChI is InChI=1S/C19H18N3/c20-16-10-4-1-7-13(16)19(14-8-2-5-11-17(14)21)15-9-3-6-12-18(15)22/h1-12H,20-22H2. The predicted octanol–water partition coefficient (Wildman–Crippen LogP) is 3.45. The Morgan fingerprint density at radius 3 is 1.00 bits per heavy atom. The van der Waals surface area contributed by atoms with Crippen molar-refractivity contribution in [1.82, 2.24) is 0 Å². The molecule has 0 unspecified atom stereocenters. The maximum Gasteiger partial charge on any atom is 0.0692 e. The molecule has 3 heteroatoms. The number of nitrogens with two attached hydrogens (primary N) is 3. The first-order valence-corrected chi connectivity index (χ1v) is 7.10. The Kier molecular flexibility index (Phi) is 3.71. The first-order chi connectivity index (χ1) is 10.7. The van der Waals surface area contributed by atoms with Gasteiger partial charge in [0, 0.05) is 17.1 Å². The molecule has 0 spiro atoms. The van der Waals surface area contributed by atoms with Gasteiger partial charge in [0.05, 0.1) is 5.92 Å². The summed E-state index contributed by atoms with van der Waals surface area (Å²) < 4.78 is 0. The van der Waals surface area contributed by atoms with Gasteiger partial charge in [0.1, 0.15) is 0 Å². The van der Waals surface area contributed by atoms with Crippen LogP contribution in [0.2, 0.25) is 0 Å². The van der Waals surface area contributed by atoms with Crippen molar-refractivity contribution in [3.63, 3.8) is 0 Å². The van der Waals surface area contributed by atoms with E-state index in [4.69, 9.17) is 17.2 Å². The van der Waals surface area contributed by atoms with Crippen LogP contribution in [0.5, 0.6) is 0 Å². The van der Waals surface area contributed by atoms with Crippen LogP contribution in [0, 0.1) is 5.92 Å². The van der Waals surface area contributed by atoms with Crippen LogP contribution in [0.1, 0.15) is 16.7 Å². The van der Waals surface area contributed by atoms with Gasteiger partial charge in [-0.25, -0.2) is 0 Å². The van der Waals surface area contributed by atoms with Gasteiger partial charge in [0.2, 0.25) is 0 Å². The second-order valence-electron chi connectivity index (χ2n) is 5.14. The fourth-order valence-corrected chi connectivity index (χ4v) is 2.61. The minimum Gasteiger partial charge on any atom is -0.398 e. The van der Waals surface area contributed by atoms with E-state index >= 15 is 0 Å². The highest BCUT2D eigenvalue weighted by atomic mass is 14.6. The Morgan fingerprint density at radius 2 is 0.727 bits per heavy atom. The SMILES string of the molecule is Nc1ccccc1[C](c1ccccc1N)c1ccccc1N. The van der Waals surface area contributed by atoms with E-state index in [1.807, 2.05) is 72.8 Å². The molecule has 6 N–H and O–H groups in total. The summed E-state index contributed by atoms with van der Waals surface area (Å²) in [6, 6.07) is 23.3. The van der Waals surface area contributed by atoms with Crippen molar-refractivity contribution in [2.24, 2.45) is 0 Å². The molecule has 0 aliphatic heterocycles. The molecule has 1 radical (unpaired) electrons. The second kappa shape index (κ2) is 5.82. The maximum absolute atomic E-state index is 6.19. The third-order valence-corrected chi connectivity index (χ3v) is 3.69. The zero-order chi connectivity index (χ0) is 15.5. The van der Waals surface area contributed by atoms with Crippen molar-refractivity contribution in [2.45, 2.75) is 0 Å². The Hall–Kier alpha value is -2.94. The molecule has 0 heterocycles. The first kappa shape index (κ1) is 14.0. The molecule has 3 rings (SSSR count). The fraction of sp³-hybridized carbons (Fsp3) is 0. The van der Waals surface area contributed by atoms with Gasteiger partial charge in [-0.2, -0.15) is 0 Å². The fourth-order valence-electron chi connectivity index (χ4n) is 2.61. The molecule has 0 aromatic heterocycles. The molecular weight excluding hydrogens is 270 g/mol. The third kappa shape index (κ3) is 2.49. The lowest BCUT2D eigenvalue weighted by atomic mass is 9.83. The normalized spacial score (nSPS) is 10.8. The molecule has 0 bridgehead atoms. The largest absolute Gasteiger partial charge is 0.398 e. The van der Waals surface area contributed by atoms with Crippen LogP contribution in [-0.2, 0) is 0 Å². The molecule has 0 saturated heterocycles. The number of hydrogen-bond donors (Lipinski definition) is 3. The summed E-state index contributed by atoms with van der Waals surface area (Å²) in [5.41, 5.74) is 23.5. The van der Waals surface area contributed by atoms with Gasteiger partial charge < -0.3 is 17.2 Å². The molecule has 0 saturated carbocycles. The summed E-state index contributed by atoms with van der Waals surface area (Å²) in [7, 11) is 0. The molecule has 3 nitrogen and oxygen atoms in total. The number of rotatable bonds is 3. The monoisotopic (exact) mass is 288 g/mol. The first-order valence-electron chi connectivity index (χ1n) is 7.10. The van der Waals surface area contributed by atoms with Crippen molar-refractivity contribution < 1.29 is 0 Å². The van der Waals surface area contributed by atoms with Gasteiger partial charge in [-0.15, -0.1) is 0 Å². The molecule has 0 fully saturated rings. The quantitative estimate of drug-likeness (QED) is 0.510. The van der Waals surface area contributed by atoms with E-state index < -0.39 is 0 Å². The zero-order valence-electron chi connectivity index (χ0n) is 12.2. The van der Waals surface area contributed by atoms with E-state index in [0.717, 1.165) is 22.6 Å². The van der Waals surface area contributed by atoms with Gasteiger partial charge in [-0.1, -0.05) is 54.6 Å². The van der Waals surface area contributed by atoms with E-state index in [9.17, 15) is 0 Å². The van der Waals surface area contributed by atoms with Crippen LogP contribution in [0.3, 0.4) is 0 Å². The van der Waals surface area contributed by atoms with E-state index in [-0.39, 0.29) is 0 Å². The summed E-state index contributed by atoms with van der Waals surface area (Å²) in [5.74, 6) is 0.953. The Labute approximate surface area is 130 Å². The van der Waals surface area contributed by atoms with Crippen molar-refractivity contribution >= 4 is 17.1 Å². The van der Waals surface area contributed by atoms with E-state index in [2.05, 4.69) is 0 Å². The topological polar surface area (TPSA) is 78.1 Å². The molecule has 0 aliphatic rings. The predicted molar refractivity (Wildman–Crippen MR) is 93.1 cm³/mol. The smallest absolute Gasteiger partial charge is 0.0692 e. The van der Waals surface area contributed by atoms with E-state index in [0.29, 0.717) is 17.1 Å². The van der Waals surface area contributed by atoms with Crippen molar-refractivity contribution in [1.29, 1.82) is 0 Å². The average Bonchev–Trinajstić information content (AvgIpc) is 2.53. The molecule has 0 aliphatic carbocycles. The Balaban J connectivity index is 2.27. The van der Waals surface area contributed by atoms with Crippen LogP contribution >= 0.6 is 0 Å². The minimum absolute atomic E-state index is 0.698. The molecule has 0 amide bonds. The van der Waals surface area contributed by atoms with Gasteiger partial charge >= 0.3 is 0 Å². The number of para-hydroxylation sites is 3. The lowest BCUT2D eigenvalue weighted by molar-refractivity contribution is 1.24. The van der Waals surface area contributed by atoms with Crippen LogP contribution in [0.4, 0.5) is 17.1 Å². The summed E-state index contributed by atoms with van der Waals surface area (Å²) in [6.07, 6.45) is 0. The van der Waals surface area contributed by atoms with Crippen LogP contribution in [-0.4, -0.2) is 0 Å². The van der Waals surface area contributed by atoms with Gasteiger partial charge in [0.25, 0.3) is 0 Å². The van der Waals surface area contributed by atoms with Crippen molar-refractivity contribution in [2.75, 3.05) is 17.2 Å². The van der Waals surface area contributed by atoms with Crippen LogP contribution in [0.15, 0.2) is 72.8 Å². The second-order valence-corrected chi connectivity index (χ2v) is 5.14. The maximum atomic E-state index is 6.19. The number of anilines is 3. The van der Waals surface area contributed by atoms with Gasteiger partial charge in [-0.3, -0.25) is 0 Å². The molecular formula is C19H18N3. The van der Waals surface area contributed by atoms with Crippen molar-refractivity contribution in [3.8, 4) is 0 Å². The van der Waals surface area contributed by atoms with Gasteiger partial charge in [-0.05, 0) is 34.9 Å². The summed E-state index contributed by atoms with van der Waals surface area (Å²) in [5, 5.41) is 0. The molecule has 22 heavy (non-hydrogen) atoms. The highest BCUT2D eigenvalue weighted by Crippen LogP contribution is 2.38. The molecule has 109 valence electrons. The number of benzene rings is 3. The van der Waals surface area contributed by atoms with E-state index in [1.165, 1.54) is 0 Å². The van der Waals surface area contributed by atoms with Crippen LogP contribution in [0.25, 0.3) is 0 Å². The lowest BCUT2D eigenvalue weighted by Gasteiger charge is -2.22.